The standard InChI is InChI=1S/C15H24N2O/c16-14(10-12-6-2-1-3-7-12)15(18)11-13-8-4-5-9-17-13/h4-5,8-9,12,14-15,18H,1-3,6-7,10-11,16H2/t14-,15-/m0/s1. The summed E-state index contributed by atoms with van der Waals surface area (Å²) in [6.07, 6.45) is 9.39. The molecule has 0 aliphatic heterocycles. The van der Waals surface area contributed by atoms with Crippen LogP contribution in [0.15, 0.2) is 24.4 Å². The molecule has 3 heteroatoms. The Labute approximate surface area is 109 Å². The van der Waals surface area contributed by atoms with Gasteiger partial charge in [0.2, 0.25) is 0 Å². The van der Waals surface area contributed by atoms with E-state index in [2.05, 4.69) is 4.98 Å². The van der Waals surface area contributed by atoms with Gasteiger partial charge in [0.25, 0.3) is 0 Å². The highest BCUT2D eigenvalue weighted by Gasteiger charge is 2.21. The Hall–Kier alpha value is -0.930. The summed E-state index contributed by atoms with van der Waals surface area (Å²) in [5.41, 5.74) is 7.04. The molecular formula is C15H24N2O. The summed E-state index contributed by atoms with van der Waals surface area (Å²) in [7, 11) is 0. The fourth-order valence-corrected chi connectivity index (χ4v) is 2.85. The zero-order valence-electron chi connectivity index (χ0n) is 11.0. The molecule has 1 aromatic rings. The van der Waals surface area contributed by atoms with Gasteiger partial charge < -0.3 is 10.8 Å². The van der Waals surface area contributed by atoms with Gasteiger partial charge in [0.1, 0.15) is 0 Å². The van der Waals surface area contributed by atoms with E-state index >= 15 is 0 Å². The van der Waals surface area contributed by atoms with Crippen molar-refractivity contribution in [3.63, 3.8) is 0 Å². The van der Waals surface area contributed by atoms with Crippen molar-refractivity contribution in [2.75, 3.05) is 0 Å². The second-order valence-electron chi connectivity index (χ2n) is 5.50. The number of aliphatic hydroxyl groups excluding tert-OH is 1. The van der Waals surface area contributed by atoms with Crippen LogP contribution in [0.2, 0.25) is 0 Å². The molecule has 0 amide bonds. The predicted octanol–water partition coefficient (Wildman–Crippen LogP) is 2.28. The van der Waals surface area contributed by atoms with Crippen LogP contribution in [-0.4, -0.2) is 22.2 Å². The lowest BCUT2D eigenvalue weighted by atomic mass is 9.83. The maximum absolute atomic E-state index is 10.1. The van der Waals surface area contributed by atoms with E-state index in [0.29, 0.717) is 12.3 Å². The van der Waals surface area contributed by atoms with Gasteiger partial charge in [0.15, 0.2) is 0 Å². The maximum atomic E-state index is 10.1. The van der Waals surface area contributed by atoms with Gasteiger partial charge in [-0.3, -0.25) is 4.98 Å². The molecule has 3 N–H and O–H groups in total. The van der Waals surface area contributed by atoms with Crippen LogP contribution < -0.4 is 5.73 Å². The van der Waals surface area contributed by atoms with Crippen LogP contribution >= 0.6 is 0 Å². The van der Waals surface area contributed by atoms with Gasteiger partial charge in [-0.2, -0.15) is 0 Å². The molecule has 3 nitrogen and oxygen atoms in total. The summed E-state index contributed by atoms with van der Waals surface area (Å²) in [6, 6.07) is 5.66. The minimum atomic E-state index is -0.471. The smallest absolute Gasteiger partial charge is 0.0746 e. The van der Waals surface area contributed by atoms with Crippen LogP contribution in [0.5, 0.6) is 0 Å². The molecule has 0 aromatic carbocycles. The highest BCUT2D eigenvalue weighted by Crippen LogP contribution is 2.27. The Morgan fingerprint density at radius 3 is 2.72 bits per heavy atom. The lowest BCUT2D eigenvalue weighted by molar-refractivity contribution is 0.126. The van der Waals surface area contributed by atoms with Gasteiger partial charge in [-0.25, -0.2) is 0 Å². The van der Waals surface area contributed by atoms with Crippen LogP contribution in [0.25, 0.3) is 0 Å². The summed E-state index contributed by atoms with van der Waals surface area (Å²) >= 11 is 0. The van der Waals surface area contributed by atoms with E-state index in [1.165, 1.54) is 32.1 Å². The van der Waals surface area contributed by atoms with Crippen molar-refractivity contribution in [1.29, 1.82) is 0 Å². The van der Waals surface area contributed by atoms with Crippen molar-refractivity contribution in [3.8, 4) is 0 Å². The first kappa shape index (κ1) is 13.5. The molecule has 0 bridgehead atoms. The number of nitrogens with zero attached hydrogens (tertiary/aromatic N) is 1. The van der Waals surface area contributed by atoms with Crippen molar-refractivity contribution in [2.45, 2.75) is 57.1 Å². The molecule has 1 aliphatic rings. The van der Waals surface area contributed by atoms with E-state index in [1.807, 2.05) is 18.2 Å². The fraction of sp³-hybridized carbons (Fsp3) is 0.667. The summed E-state index contributed by atoms with van der Waals surface area (Å²) < 4.78 is 0. The molecule has 0 spiro atoms. The predicted molar refractivity (Wildman–Crippen MR) is 73.1 cm³/mol. The summed E-state index contributed by atoms with van der Waals surface area (Å²) in [6.45, 7) is 0. The molecule has 1 heterocycles. The molecule has 0 saturated heterocycles. The molecule has 18 heavy (non-hydrogen) atoms. The Balaban J connectivity index is 1.79. The largest absolute Gasteiger partial charge is 0.391 e. The number of hydrogen-bond acceptors (Lipinski definition) is 3. The number of pyridine rings is 1. The van der Waals surface area contributed by atoms with E-state index in [4.69, 9.17) is 5.73 Å². The Bertz CT molecular complexity index is 336. The van der Waals surface area contributed by atoms with Gasteiger partial charge >= 0.3 is 0 Å². The number of hydrogen-bond donors (Lipinski definition) is 2. The van der Waals surface area contributed by atoms with E-state index < -0.39 is 6.10 Å². The lowest BCUT2D eigenvalue weighted by Gasteiger charge is -2.27. The van der Waals surface area contributed by atoms with E-state index in [1.54, 1.807) is 6.20 Å². The van der Waals surface area contributed by atoms with Crippen molar-refractivity contribution < 1.29 is 5.11 Å². The van der Waals surface area contributed by atoms with Gasteiger partial charge in [0, 0.05) is 24.4 Å². The van der Waals surface area contributed by atoms with Crippen LogP contribution in [0, 0.1) is 5.92 Å². The summed E-state index contributed by atoms with van der Waals surface area (Å²) in [5.74, 6) is 0.715. The molecule has 100 valence electrons. The molecule has 2 atom stereocenters. The molecule has 1 aliphatic carbocycles. The average Bonchev–Trinajstić information content (AvgIpc) is 2.41. The van der Waals surface area contributed by atoms with Gasteiger partial charge in [-0.15, -0.1) is 0 Å². The third-order valence-corrected chi connectivity index (χ3v) is 3.97. The van der Waals surface area contributed by atoms with Crippen molar-refractivity contribution in [3.05, 3.63) is 30.1 Å². The zero-order chi connectivity index (χ0) is 12.8. The van der Waals surface area contributed by atoms with E-state index in [0.717, 1.165) is 12.1 Å². The van der Waals surface area contributed by atoms with Gasteiger partial charge in [-0.05, 0) is 24.5 Å². The quantitative estimate of drug-likeness (QED) is 0.840. The monoisotopic (exact) mass is 248 g/mol. The molecule has 2 rings (SSSR count). The minimum Gasteiger partial charge on any atom is -0.391 e. The van der Waals surface area contributed by atoms with E-state index in [-0.39, 0.29) is 6.04 Å². The van der Waals surface area contributed by atoms with Crippen molar-refractivity contribution >= 4 is 0 Å². The number of rotatable bonds is 5. The average molecular weight is 248 g/mol. The summed E-state index contributed by atoms with van der Waals surface area (Å²) in [4.78, 5) is 4.23. The first-order chi connectivity index (χ1) is 8.75. The topological polar surface area (TPSA) is 59.1 Å². The van der Waals surface area contributed by atoms with Crippen molar-refractivity contribution in [1.82, 2.24) is 4.98 Å². The Morgan fingerprint density at radius 1 is 1.28 bits per heavy atom. The fourth-order valence-electron chi connectivity index (χ4n) is 2.85. The number of nitrogens with two attached hydrogens (primary N) is 1. The van der Waals surface area contributed by atoms with Gasteiger partial charge in [-0.1, -0.05) is 38.2 Å². The first-order valence-corrected chi connectivity index (χ1v) is 7.09. The number of aromatic nitrogens is 1. The first-order valence-electron chi connectivity index (χ1n) is 7.09. The number of aliphatic hydroxyl groups is 1. The third kappa shape index (κ3) is 4.07. The van der Waals surface area contributed by atoms with Crippen molar-refractivity contribution in [2.24, 2.45) is 11.7 Å². The Kier molecular flexibility index (Phi) is 5.14. The summed E-state index contributed by atoms with van der Waals surface area (Å²) in [5, 5.41) is 10.1. The van der Waals surface area contributed by atoms with Crippen LogP contribution in [0.3, 0.4) is 0 Å². The van der Waals surface area contributed by atoms with Crippen LogP contribution in [0.1, 0.15) is 44.2 Å². The van der Waals surface area contributed by atoms with Gasteiger partial charge in [0.05, 0.1) is 6.10 Å². The third-order valence-electron chi connectivity index (χ3n) is 3.97. The second-order valence-corrected chi connectivity index (χ2v) is 5.50. The SMILES string of the molecule is N[C@@H](CC1CCCCC1)[C@@H](O)Cc1ccccn1. The zero-order valence-corrected chi connectivity index (χ0v) is 11.0. The van der Waals surface area contributed by atoms with Crippen LogP contribution in [-0.2, 0) is 6.42 Å². The lowest BCUT2D eigenvalue weighted by Crippen LogP contribution is -2.38. The minimum absolute atomic E-state index is 0.116. The van der Waals surface area contributed by atoms with E-state index in [9.17, 15) is 5.11 Å². The molecule has 1 saturated carbocycles. The maximum Gasteiger partial charge on any atom is 0.0746 e. The molecule has 0 radical (unpaired) electrons. The second kappa shape index (κ2) is 6.86. The normalized spacial score (nSPS) is 20.6. The molecule has 1 fully saturated rings. The highest BCUT2D eigenvalue weighted by molar-refractivity contribution is 5.05. The van der Waals surface area contributed by atoms with Crippen LogP contribution in [0.4, 0.5) is 0 Å². The highest BCUT2D eigenvalue weighted by atomic mass is 16.3. The molecule has 1 aromatic heterocycles. The Morgan fingerprint density at radius 2 is 2.06 bits per heavy atom. The molecule has 0 unspecified atom stereocenters. The molecular weight excluding hydrogens is 224 g/mol.